The number of ketones is 1. The zero-order valence-corrected chi connectivity index (χ0v) is 18.7. The van der Waals surface area contributed by atoms with E-state index >= 15 is 0 Å². The van der Waals surface area contributed by atoms with Crippen LogP contribution in [0.1, 0.15) is 48.7 Å². The molecule has 0 amide bonds. The van der Waals surface area contributed by atoms with Gasteiger partial charge >= 0.3 is 6.18 Å². The van der Waals surface area contributed by atoms with Crippen LogP contribution in [0.25, 0.3) is 6.08 Å². The molecule has 1 heterocycles. The number of alkyl halides is 3. The lowest BCUT2D eigenvalue weighted by atomic mass is 9.73. The average Bonchev–Trinajstić information content (AvgIpc) is 2.72. The van der Waals surface area contributed by atoms with Gasteiger partial charge in [-0.15, -0.1) is 0 Å². The van der Waals surface area contributed by atoms with Gasteiger partial charge in [-0.3, -0.25) is 4.79 Å². The average molecular weight is 447 g/mol. The molecule has 1 unspecified atom stereocenters. The minimum Gasteiger partial charge on any atom is -0.496 e. The Morgan fingerprint density at radius 3 is 2.47 bits per heavy atom. The van der Waals surface area contributed by atoms with Gasteiger partial charge in [-0.1, -0.05) is 44.2 Å². The van der Waals surface area contributed by atoms with Crippen LogP contribution in [0.15, 0.2) is 48.5 Å². The predicted octanol–water partition coefficient (Wildman–Crippen LogP) is 5.39. The highest BCUT2D eigenvalue weighted by molar-refractivity contribution is 5.94. The summed E-state index contributed by atoms with van der Waals surface area (Å²) >= 11 is 0. The topological polar surface area (TPSA) is 49.8 Å². The number of anilines is 1. The third-order valence-electron chi connectivity index (χ3n) is 5.95. The summed E-state index contributed by atoms with van der Waals surface area (Å²) in [5.41, 5.74) is -1.88. The Labute approximate surface area is 186 Å². The molecule has 0 saturated heterocycles. The molecule has 1 atom stereocenters. The molecule has 32 heavy (non-hydrogen) atoms. The lowest BCUT2D eigenvalue weighted by Gasteiger charge is -2.42. The van der Waals surface area contributed by atoms with Crippen molar-refractivity contribution in [1.29, 1.82) is 0 Å². The maximum absolute atomic E-state index is 14.3. The van der Waals surface area contributed by atoms with Gasteiger partial charge in [-0.25, -0.2) is 0 Å². The molecule has 172 valence electrons. The summed E-state index contributed by atoms with van der Waals surface area (Å²) in [6, 6.07) is 11.9. The van der Waals surface area contributed by atoms with Gasteiger partial charge in [-0.2, -0.15) is 13.2 Å². The number of aliphatic hydroxyl groups is 1. The Balaban J connectivity index is 2.00. The van der Waals surface area contributed by atoms with E-state index in [1.54, 1.807) is 55.2 Å². The number of hydrogen-bond donors (Lipinski definition) is 1. The van der Waals surface area contributed by atoms with Crippen molar-refractivity contribution in [1.82, 2.24) is 0 Å². The third kappa shape index (κ3) is 4.67. The number of benzene rings is 2. The van der Waals surface area contributed by atoms with Crippen molar-refractivity contribution in [3.8, 4) is 5.75 Å². The van der Waals surface area contributed by atoms with Gasteiger partial charge in [0.25, 0.3) is 0 Å². The number of ether oxygens (including phenoxy) is 1. The van der Waals surface area contributed by atoms with Gasteiger partial charge in [0, 0.05) is 23.4 Å². The first-order valence-corrected chi connectivity index (χ1v) is 10.4. The zero-order valence-electron chi connectivity index (χ0n) is 18.7. The van der Waals surface area contributed by atoms with Gasteiger partial charge in [0.2, 0.25) is 0 Å². The molecule has 7 heteroatoms. The first kappa shape index (κ1) is 23.9. The summed E-state index contributed by atoms with van der Waals surface area (Å²) < 4.78 is 48.2. The van der Waals surface area contributed by atoms with Gasteiger partial charge in [0.05, 0.1) is 13.7 Å². The SMILES string of the molecule is COc1ccc(C(C)=O)cc1C(C)(C)CC(O)(CN1CC=Cc2ccccc21)C(F)(F)F. The highest BCUT2D eigenvalue weighted by Gasteiger charge is 2.57. The lowest BCUT2D eigenvalue weighted by molar-refractivity contribution is -0.262. The zero-order chi connectivity index (χ0) is 23.7. The van der Waals surface area contributed by atoms with E-state index in [4.69, 9.17) is 4.74 Å². The second kappa shape index (κ2) is 8.62. The quantitative estimate of drug-likeness (QED) is 0.578. The summed E-state index contributed by atoms with van der Waals surface area (Å²) in [5.74, 6) is 0.170. The fourth-order valence-electron chi connectivity index (χ4n) is 4.32. The molecular weight excluding hydrogens is 419 g/mol. The first-order valence-electron chi connectivity index (χ1n) is 10.4. The molecule has 1 N–H and O–H groups in total. The van der Waals surface area contributed by atoms with E-state index in [1.807, 2.05) is 18.2 Å². The monoisotopic (exact) mass is 447 g/mol. The normalized spacial score (nSPS) is 15.8. The van der Waals surface area contributed by atoms with E-state index in [0.29, 0.717) is 22.6 Å². The molecule has 0 aliphatic carbocycles. The van der Waals surface area contributed by atoms with E-state index in [9.17, 15) is 23.1 Å². The highest BCUT2D eigenvalue weighted by atomic mass is 19.4. The van der Waals surface area contributed by atoms with Crippen molar-refractivity contribution >= 4 is 17.5 Å². The number of hydrogen-bond acceptors (Lipinski definition) is 4. The van der Waals surface area contributed by atoms with Crippen LogP contribution in [-0.2, 0) is 5.41 Å². The molecule has 4 nitrogen and oxygen atoms in total. The largest absolute Gasteiger partial charge is 0.496 e. The van der Waals surface area contributed by atoms with Gasteiger partial charge in [0.1, 0.15) is 5.75 Å². The van der Waals surface area contributed by atoms with E-state index in [0.717, 1.165) is 5.56 Å². The molecule has 0 spiro atoms. The molecule has 1 aliphatic rings. The van der Waals surface area contributed by atoms with Crippen molar-refractivity contribution in [2.24, 2.45) is 0 Å². The van der Waals surface area contributed by atoms with Gasteiger partial charge in [0.15, 0.2) is 11.4 Å². The second-order valence-electron chi connectivity index (χ2n) is 8.90. The molecule has 0 radical (unpaired) electrons. The summed E-state index contributed by atoms with van der Waals surface area (Å²) in [7, 11) is 1.43. The van der Waals surface area contributed by atoms with Gasteiger partial charge in [-0.05, 0) is 48.6 Å². The molecular formula is C25H28F3NO3. The van der Waals surface area contributed by atoms with Crippen LogP contribution in [0.4, 0.5) is 18.9 Å². The highest BCUT2D eigenvalue weighted by Crippen LogP contribution is 2.45. The maximum atomic E-state index is 14.3. The van der Waals surface area contributed by atoms with Crippen LogP contribution < -0.4 is 9.64 Å². The number of para-hydroxylation sites is 1. The summed E-state index contributed by atoms with van der Waals surface area (Å²) in [5, 5.41) is 11.1. The van der Waals surface area contributed by atoms with E-state index in [-0.39, 0.29) is 12.3 Å². The standard InChI is InChI=1S/C25H28F3NO3/c1-17(30)19-11-12-22(32-4)20(14-19)23(2,3)15-24(31,25(26,27)28)16-29-13-7-9-18-8-5-6-10-21(18)29/h5-12,14,31H,13,15-16H2,1-4H3. The lowest BCUT2D eigenvalue weighted by Crippen LogP contribution is -2.56. The number of fused-ring (bicyclic) bond motifs is 1. The molecule has 1 aliphatic heterocycles. The summed E-state index contributed by atoms with van der Waals surface area (Å²) in [6.07, 6.45) is -1.83. The van der Waals surface area contributed by atoms with Crippen LogP contribution in [0.3, 0.4) is 0 Å². The number of Topliss-reactive ketones (excluding diaryl/α,β-unsaturated/α-hetero) is 1. The minimum absolute atomic E-state index is 0.201. The van der Waals surface area contributed by atoms with E-state index < -0.39 is 30.2 Å². The number of methoxy groups -OCH3 is 1. The minimum atomic E-state index is -4.87. The smallest absolute Gasteiger partial charge is 0.418 e. The first-order chi connectivity index (χ1) is 14.9. The molecule has 2 aromatic carbocycles. The Bertz CT molecular complexity index is 1030. The number of nitrogens with zero attached hydrogens (tertiary/aromatic N) is 1. The Kier molecular flexibility index (Phi) is 6.43. The van der Waals surface area contributed by atoms with Crippen molar-refractivity contribution in [3.63, 3.8) is 0 Å². The fourth-order valence-corrected chi connectivity index (χ4v) is 4.32. The van der Waals surface area contributed by atoms with Crippen molar-refractivity contribution in [2.75, 3.05) is 25.1 Å². The predicted molar refractivity (Wildman–Crippen MR) is 119 cm³/mol. The molecule has 3 rings (SSSR count). The van der Waals surface area contributed by atoms with Crippen LogP contribution in [0.5, 0.6) is 5.75 Å². The molecule has 0 fully saturated rings. The second-order valence-corrected chi connectivity index (χ2v) is 8.90. The summed E-state index contributed by atoms with van der Waals surface area (Å²) in [4.78, 5) is 13.4. The number of carbonyl (C=O) groups is 1. The van der Waals surface area contributed by atoms with Gasteiger partial charge < -0.3 is 14.7 Å². The van der Waals surface area contributed by atoms with Crippen LogP contribution in [0, 0.1) is 0 Å². The van der Waals surface area contributed by atoms with Crippen molar-refractivity contribution < 1.29 is 27.8 Å². The number of carbonyl (C=O) groups excluding carboxylic acids is 1. The third-order valence-corrected chi connectivity index (χ3v) is 5.95. The van der Waals surface area contributed by atoms with Crippen molar-refractivity contribution in [2.45, 2.75) is 44.4 Å². The Hall–Kier alpha value is -2.80. The Morgan fingerprint density at radius 1 is 1.16 bits per heavy atom. The van der Waals surface area contributed by atoms with E-state index in [1.165, 1.54) is 14.0 Å². The number of rotatable bonds is 7. The number of halogens is 3. The molecule has 0 saturated carbocycles. The summed E-state index contributed by atoms with van der Waals surface area (Å²) in [6.45, 7) is 4.28. The van der Waals surface area contributed by atoms with Crippen LogP contribution in [0.2, 0.25) is 0 Å². The molecule has 0 aromatic heterocycles. The molecule has 0 bridgehead atoms. The van der Waals surface area contributed by atoms with Crippen molar-refractivity contribution in [3.05, 3.63) is 65.2 Å². The Morgan fingerprint density at radius 2 is 1.84 bits per heavy atom. The molecule has 2 aromatic rings. The van der Waals surface area contributed by atoms with Crippen LogP contribution >= 0.6 is 0 Å². The maximum Gasteiger partial charge on any atom is 0.418 e. The van der Waals surface area contributed by atoms with Crippen LogP contribution in [-0.4, -0.2) is 42.9 Å². The number of β-amino-alcohol motifs (C(OH)–C–C–N with tert-alkyl or cyclic N) is 1. The van der Waals surface area contributed by atoms with E-state index in [2.05, 4.69) is 0 Å². The fraction of sp³-hybridized carbons (Fsp3) is 0.400.